The summed E-state index contributed by atoms with van der Waals surface area (Å²) in [7, 11) is 1.44. The van der Waals surface area contributed by atoms with Gasteiger partial charge in [-0.1, -0.05) is 32.9 Å². The lowest BCUT2D eigenvalue weighted by atomic mass is 9.87. The van der Waals surface area contributed by atoms with E-state index in [0.717, 1.165) is 5.56 Å². The number of methoxy groups -OCH3 is 1. The van der Waals surface area contributed by atoms with Crippen LogP contribution in [0.1, 0.15) is 42.3 Å². The van der Waals surface area contributed by atoms with Crippen LogP contribution in [0.2, 0.25) is 0 Å². The number of phenolic OH excluding ortho intramolecular Hbond substituents is 1. The summed E-state index contributed by atoms with van der Waals surface area (Å²) in [6.07, 6.45) is 1.41. The molecule has 0 saturated carbocycles. The summed E-state index contributed by atoms with van der Waals surface area (Å²) in [5.74, 6) is -0.466. The van der Waals surface area contributed by atoms with Crippen LogP contribution < -0.4 is 15.5 Å². The number of hydrogen-bond acceptors (Lipinski definition) is 5. The molecule has 0 bridgehead atoms. The Hall–Kier alpha value is -3.35. The van der Waals surface area contributed by atoms with Crippen molar-refractivity contribution in [3.63, 3.8) is 0 Å². The van der Waals surface area contributed by atoms with Crippen molar-refractivity contribution >= 4 is 18.0 Å². The topological polar surface area (TPSA) is 100 Å². The molecule has 2 aromatic carbocycles. The standard InChI is InChI=1S/C21H25N3O4/c1-21(2,3)16-8-6-15(7-9-16)20(27)22-13-19(26)24-23-12-14-5-10-17(25)18(11-14)28-4/h5-12,25H,13H2,1-4H3,(H,22,27)(H,24,26)/b23-12+. The lowest BCUT2D eigenvalue weighted by Crippen LogP contribution is -2.34. The molecule has 0 fully saturated rings. The molecule has 28 heavy (non-hydrogen) atoms. The highest BCUT2D eigenvalue weighted by Crippen LogP contribution is 2.25. The van der Waals surface area contributed by atoms with Gasteiger partial charge < -0.3 is 15.2 Å². The van der Waals surface area contributed by atoms with Gasteiger partial charge in [0.15, 0.2) is 11.5 Å². The van der Waals surface area contributed by atoms with Crippen molar-refractivity contribution in [1.29, 1.82) is 0 Å². The fraction of sp³-hybridized carbons (Fsp3) is 0.286. The first-order valence-corrected chi connectivity index (χ1v) is 8.78. The van der Waals surface area contributed by atoms with Gasteiger partial charge in [0.05, 0.1) is 19.9 Å². The van der Waals surface area contributed by atoms with Gasteiger partial charge in [-0.2, -0.15) is 5.10 Å². The number of amides is 2. The lowest BCUT2D eigenvalue weighted by molar-refractivity contribution is -0.120. The van der Waals surface area contributed by atoms with Gasteiger partial charge in [0.1, 0.15) is 0 Å². The van der Waals surface area contributed by atoms with Gasteiger partial charge in [0.25, 0.3) is 11.8 Å². The van der Waals surface area contributed by atoms with E-state index in [-0.39, 0.29) is 23.6 Å². The summed E-state index contributed by atoms with van der Waals surface area (Å²) >= 11 is 0. The van der Waals surface area contributed by atoms with E-state index in [0.29, 0.717) is 16.9 Å². The van der Waals surface area contributed by atoms with E-state index in [2.05, 4.69) is 36.6 Å². The summed E-state index contributed by atoms with van der Waals surface area (Å²) in [5.41, 5.74) is 4.59. The number of rotatable bonds is 6. The lowest BCUT2D eigenvalue weighted by Gasteiger charge is -2.19. The first-order valence-electron chi connectivity index (χ1n) is 8.78. The SMILES string of the molecule is COc1cc(/C=N/NC(=O)CNC(=O)c2ccc(C(C)(C)C)cc2)ccc1O. The van der Waals surface area contributed by atoms with Gasteiger partial charge in [-0.15, -0.1) is 0 Å². The first-order chi connectivity index (χ1) is 13.2. The molecule has 0 spiro atoms. The minimum Gasteiger partial charge on any atom is -0.504 e. The Kier molecular flexibility index (Phi) is 6.76. The predicted octanol–water partition coefficient (Wildman–Crippen LogP) is 2.58. The van der Waals surface area contributed by atoms with E-state index in [1.54, 1.807) is 24.3 Å². The largest absolute Gasteiger partial charge is 0.504 e. The van der Waals surface area contributed by atoms with Crippen molar-refractivity contribution in [2.75, 3.05) is 13.7 Å². The minimum absolute atomic E-state index is 0.00835. The Bertz CT molecular complexity index is 868. The van der Waals surface area contributed by atoms with Gasteiger partial charge in [0, 0.05) is 5.56 Å². The monoisotopic (exact) mass is 383 g/mol. The van der Waals surface area contributed by atoms with Gasteiger partial charge in [0.2, 0.25) is 0 Å². The number of nitrogens with one attached hydrogen (secondary N) is 2. The summed E-state index contributed by atoms with van der Waals surface area (Å²) in [5, 5.41) is 15.9. The van der Waals surface area contributed by atoms with Gasteiger partial charge in [-0.05, 0) is 46.9 Å². The van der Waals surface area contributed by atoms with Crippen LogP contribution in [-0.2, 0) is 10.2 Å². The number of carbonyl (C=O) groups is 2. The number of aromatic hydroxyl groups is 1. The summed E-state index contributed by atoms with van der Waals surface area (Å²) in [6, 6.07) is 12.0. The molecule has 2 aromatic rings. The Balaban J connectivity index is 1.84. The van der Waals surface area contributed by atoms with Crippen LogP contribution in [0.5, 0.6) is 11.5 Å². The van der Waals surface area contributed by atoms with E-state index >= 15 is 0 Å². The molecule has 7 heteroatoms. The number of carbonyl (C=O) groups excluding carboxylic acids is 2. The third kappa shape index (κ3) is 5.84. The Morgan fingerprint density at radius 2 is 1.82 bits per heavy atom. The van der Waals surface area contributed by atoms with E-state index < -0.39 is 5.91 Å². The second-order valence-corrected chi connectivity index (χ2v) is 7.23. The molecule has 2 rings (SSSR count). The van der Waals surface area contributed by atoms with Gasteiger partial charge >= 0.3 is 0 Å². The van der Waals surface area contributed by atoms with Crippen molar-refractivity contribution in [2.24, 2.45) is 5.10 Å². The van der Waals surface area contributed by atoms with E-state index in [4.69, 9.17) is 4.74 Å². The third-order valence-corrected chi connectivity index (χ3v) is 4.03. The zero-order valence-electron chi connectivity index (χ0n) is 16.4. The zero-order valence-corrected chi connectivity index (χ0v) is 16.4. The number of nitrogens with zero attached hydrogens (tertiary/aromatic N) is 1. The fourth-order valence-electron chi connectivity index (χ4n) is 2.38. The minimum atomic E-state index is -0.457. The van der Waals surface area contributed by atoms with Crippen LogP contribution in [0.4, 0.5) is 0 Å². The average Bonchev–Trinajstić information content (AvgIpc) is 2.66. The average molecular weight is 383 g/mol. The van der Waals surface area contributed by atoms with Crippen LogP contribution >= 0.6 is 0 Å². The summed E-state index contributed by atoms with van der Waals surface area (Å²) in [6.45, 7) is 6.10. The highest BCUT2D eigenvalue weighted by atomic mass is 16.5. The molecular formula is C21H25N3O4. The second kappa shape index (κ2) is 9.03. The molecule has 0 radical (unpaired) electrons. The van der Waals surface area contributed by atoms with Gasteiger partial charge in [-0.3, -0.25) is 9.59 Å². The number of ether oxygens (including phenoxy) is 1. The maximum atomic E-state index is 12.1. The summed E-state index contributed by atoms with van der Waals surface area (Å²) in [4.78, 5) is 24.0. The zero-order chi connectivity index (χ0) is 20.7. The second-order valence-electron chi connectivity index (χ2n) is 7.23. The highest BCUT2D eigenvalue weighted by Gasteiger charge is 2.14. The Morgan fingerprint density at radius 1 is 1.14 bits per heavy atom. The molecule has 0 heterocycles. The molecular weight excluding hydrogens is 358 g/mol. The normalized spacial score (nSPS) is 11.3. The van der Waals surface area contributed by atoms with Crippen molar-refractivity contribution in [1.82, 2.24) is 10.7 Å². The van der Waals surface area contributed by atoms with Crippen LogP contribution in [0.3, 0.4) is 0 Å². The summed E-state index contributed by atoms with van der Waals surface area (Å²) < 4.78 is 5.00. The third-order valence-electron chi connectivity index (χ3n) is 4.03. The Labute approximate surface area is 164 Å². The maximum absolute atomic E-state index is 12.1. The maximum Gasteiger partial charge on any atom is 0.259 e. The number of benzene rings is 2. The molecule has 148 valence electrons. The molecule has 0 aliphatic rings. The van der Waals surface area contributed by atoms with Crippen LogP contribution in [0.15, 0.2) is 47.6 Å². The van der Waals surface area contributed by atoms with Crippen LogP contribution in [-0.4, -0.2) is 36.8 Å². The molecule has 0 unspecified atom stereocenters. The molecule has 2 amide bonds. The van der Waals surface area contributed by atoms with Crippen molar-refractivity contribution in [2.45, 2.75) is 26.2 Å². The van der Waals surface area contributed by atoms with Crippen LogP contribution in [0, 0.1) is 0 Å². The number of hydrogen-bond donors (Lipinski definition) is 3. The molecule has 7 nitrogen and oxygen atoms in total. The molecule has 0 saturated heterocycles. The van der Waals surface area contributed by atoms with E-state index in [1.165, 1.54) is 19.4 Å². The van der Waals surface area contributed by atoms with Gasteiger partial charge in [-0.25, -0.2) is 5.43 Å². The Morgan fingerprint density at radius 3 is 2.43 bits per heavy atom. The first kappa shape index (κ1) is 21.0. The van der Waals surface area contributed by atoms with E-state index in [1.807, 2.05) is 12.1 Å². The highest BCUT2D eigenvalue weighted by molar-refractivity contribution is 5.96. The quantitative estimate of drug-likeness (QED) is 0.527. The fourth-order valence-corrected chi connectivity index (χ4v) is 2.38. The van der Waals surface area contributed by atoms with Crippen LogP contribution in [0.25, 0.3) is 0 Å². The number of hydrazone groups is 1. The molecule has 0 aliphatic carbocycles. The molecule has 0 atom stereocenters. The van der Waals surface area contributed by atoms with Crippen molar-refractivity contribution in [3.8, 4) is 11.5 Å². The molecule has 3 N–H and O–H groups in total. The molecule has 0 aromatic heterocycles. The van der Waals surface area contributed by atoms with Crippen molar-refractivity contribution in [3.05, 3.63) is 59.2 Å². The van der Waals surface area contributed by atoms with Crippen molar-refractivity contribution < 1.29 is 19.4 Å². The van der Waals surface area contributed by atoms with E-state index in [9.17, 15) is 14.7 Å². The predicted molar refractivity (Wildman–Crippen MR) is 108 cm³/mol. The molecule has 0 aliphatic heterocycles. The smallest absolute Gasteiger partial charge is 0.259 e. The number of phenols is 1.